The molecule has 0 amide bonds. The molecule has 5 heteroatoms. The van der Waals surface area contributed by atoms with Crippen molar-refractivity contribution in [1.82, 2.24) is 5.32 Å². The average Bonchev–Trinajstić information content (AvgIpc) is 2.37. The number of benzene rings is 1. The van der Waals surface area contributed by atoms with Crippen LogP contribution in [0.25, 0.3) is 0 Å². The number of nitrogens with zero attached hydrogens (tertiary/aromatic N) is 1. The van der Waals surface area contributed by atoms with Gasteiger partial charge in [0.2, 0.25) is 0 Å². The Kier molecular flexibility index (Phi) is 3.97. The number of rotatable bonds is 2. The van der Waals surface area contributed by atoms with Gasteiger partial charge in [-0.1, -0.05) is 0 Å². The highest BCUT2D eigenvalue weighted by atomic mass is 79.9. The summed E-state index contributed by atoms with van der Waals surface area (Å²) in [6.45, 7) is 1.87. The van der Waals surface area contributed by atoms with Crippen LogP contribution >= 0.6 is 15.9 Å². The first-order valence-electron chi connectivity index (χ1n) is 5.57. The lowest BCUT2D eigenvalue weighted by Crippen LogP contribution is -2.38. The van der Waals surface area contributed by atoms with E-state index in [1.807, 2.05) is 6.07 Å². The van der Waals surface area contributed by atoms with Crippen molar-refractivity contribution in [2.75, 3.05) is 18.4 Å². The summed E-state index contributed by atoms with van der Waals surface area (Å²) >= 11 is 3.10. The van der Waals surface area contributed by atoms with Gasteiger partial charge >= 0.3 is 0 Å². The molecule has 1 atom stereocenters. The van der Waals surface area contributed by atoms with Crippen LogP contribution in [0.4, 0.5) is 10.1 Å². The smallest absolute Gasteiger partial charge is 0.161 e. The number of halogens is 2. The summed E-state index contributed by atoms with van der Waals surface area (Å²) in [6.07, 6.45) is 2.13. The van der Waals surface area contributed by atoms with E-state index in [1.54, 1.807) is 12.1 Å². The minimum Gasteiger partial charge on any atom is -0.379 e. The topological polar surface area (TPSA) is 47.9 Å². The zero-order valence-corrected chi connectivity index (χ0v) is 10.8. The first kappa shape index (κ1) is 12.3. The molecule has 0 aliphatic carbocycles. The number of anilines is 1. The van der Waals surface area contributed by atoms with Crippen molar-refractivity contribution in [3.63, 3.8) is 0 Å². The van der Waals surface area contributed by atoms with Gasteiger partial charge in [0.25, 0.3) is 0 Å². The molecule has 0 saturated carbocycles. The molecule has 90 valence electrons. The van der Waals surface area contributed by atoms with Crippen LogP contribution in [0.15, 0.2) is 16.6 Å². The Morgan fingerprint density at radius 2 is 2.35 bits per heavy atom. The van der Waals surface area contributed by atoms with Gasteiger partial charge in [-0.3, -0.25) is 0 Å². The van der Waals surface area contributed by atoms with Gasteiger partial charge in [0.15, 0.2) is 5.82 Å². The first-order valence-corrected chi connectivity index (χ1v) is 6.37. The van der Waals surface area contributed by atoms with Gasteiger partial charge in [0.1, 0.15) is 6.07 Å². The van der Waals surface area contributed by atoms with Crippen LogP contribution in [0.5, 0.6) is 0 Å². The second-order valence-corrected chi connectivity index (χ2v) is 4.88. The zero-order chi connectivity index (χ0) is 12.3. The van der Waals surface area contributed by atoms with E-state index < -0.39 is 5.82 Å². The number of hydrogen-bond acceptors (Lipinski definition) is 3. The van der Waals surface area contributed by atoms with Crippen molar-refractivity contribution in [2.45, 2.75) is 18.9 Å². The molecule has 17 heavy (non-hydrogen) atoms. The minimum atomic E-state index is -0.394. The van der Waals surface area contributed by atoms with Crippen LogP contribution in [0.1, 0.15) is 18.4 Å². The minimum absolute atomic E-state index is 0.230. The molecule has 1 unspecified atom stereocenters. The summed E-state index contributed by atoms with van der Waals surface area (Å²) in [5.41, 5.74) is 0.763. The highest BCUT2D eigenvalue weighted by Crippen LogP contribution is 2.27. The maximum atomic E-state index is 13.9. The van der Waals surface area contributed by atoms with Crippen molar-refractivity contribution in [3.8, 4) is 6.07 Å². The van der Waals surface area contributed by atoms with E-state index in [1.165, 1.54) is 0 Å². The summed E-state index contributed by atoms with van der Waals surface area (Å²) in [5, 5.41) is 15.2. The van der Waals surface area contributed by atoms with E-state index in [0.29, 0.717) is 11.3 Å². The van der Waals surface area contributed by atoms with Crippen LogP contribution in [-0.2, 0) is 0 Å². The summed E-state index contributed by atoms with van der Waals surface area (Å²) in [7, 11) is 0. The third kappa shape index (κ3) is 2.76. The van der Waals surface area contributed by atoms with Crippen molar-refractivity contribution in [3.05, 3.63) is 28.0 Å². The Morgan fingerprint density at radius 1 is 1.53 bits per heavy atom. The molecular weight excluding hydrogens is 285 g/mol. The summed E-state index contributed by atoms with van der Waals surface area (Å²) in [5.74, 6) is -0.394. The van der Waals surface area contributed by atoms with Gasteiger partial charge in [-0.2, -0.15) is 5.26 Å². The molecule has 1 saturated heterocycles. The summed E-state index contributed by atoms with van der Waals surface area (Å²) in [4.78, 5) is 0. The lowest BCUT2D eigenvalue weighted by molar-refractivity contribution is 0.477. The van der Waals surface area contributed by atoms with E-state index in [0.717, 1.165) is 25.9 Å². The predicted octanol–water partition coefficient (Wildman–Crippen LogP) is 2.62. The molecule has 1 aromatic carbocycles. The van der Waals surface area contributed by atoms with Crippen LogP contribution in [-0.4, -0.2) is 19.1 Å². The second-order valence-electron chi connectivity index (χ2n) is 4.09. The number of hydrogen-bond donors (Lipinski definition) is 2. The molecule has 0 bridgehead atoms. The monoisotopic (exact) mass is 297 g/mol. The van der Waals surface area contributed by atoms with E-state index in [2.05, 4.69) is 26.6 Å². The Bertz CT molecular complexity index is 450. The normalized spacial score (nSPS) is 19.7. The van der Waals surface area contributed by atoms with Crippen LogP contribution in [0, 0.1) is 17.1 Å². The Labute approximate surface area is 108 Å². The van der Waals surface area contributed by atoms with Crippen molar-refractivity contribution in [2.24, 2.45) is 0 Å². The van der Waals surface area contributed by atoms with E-state index >= 15 is 0 Å². The highest BCUT2D eigenvalue weighted by molar-refractivity contribution is 9.10. The molecule has 1 fully saturated rings. The molecule has 0 radical (unpaired) electrons. The first-order chi connectivity index (χ1) is 8.22. The van der Waals surface area contributed by atoms with Gasteiger partial charge in [0.05, 0.1) is 15.7 Å². The largest absolute Gasteiger partial charge is 0.379 e. The molecule has 0 spiro atoms. The maximum absolute atomic E-state index is 13.9. The van der Waals surface area contributed by atoms with Crippen molar-refractivity contribution >= 4 is 21.6 Å². The molecule has 2 rings (SSSR count). The molecule has 1 aliphatic rings. The third-order valence-electron chi connectivity index (χ3n) is 2.86. The van der Waals surface area contributed by atoms with Crippen LogP contribution in [0.3, 0.4) is 0 Å². The van der Waals surface area contributed by atoms with Gasteiger partial charge in [0, 0.05) is 12.6 Å². The van der Waals surface area contributed by atoms with Crippen molar-refractivity contribution < 1.29 is 4.39 Å². The van der Waals surface area contributed by atoms with Crippen molar-refractivity contribution in [1.29, 1.82) is 5.26 Å². The molecule has 1 aliphatic heterocycles. The average molecular weight is 298 g/mol. The van der Waals surface area contributed by atoms with Crippen LogP contribution < -0.4 is 10.6 Å². The molecule has 1 aromatic rings. The molecule has 2 N–H and O–H groups in total. The van der Waals surface area contributed by atoms with E-state index in [-0.39, 0.29) is 10.5 Å². The van der Waals surface area contributed by atoms with E-state index in [9.17, 15) is 4.39 Å². The fourth-order valence-electron chi connectivity index (χ4n) is 1.94. The fourth-order valence-corrected chi connectivity index (χ4v) is 2.38. The van der Waals surface area contributed by atoms with Gasteiger partial charge < -0.3 is 10.6 Å². The van der Waals surface area contributed by atoms with Gasteiger partial charge in [-0.25, -0.2) is 4.39 Å². The van der Waals surface area contributed by atoms with Crippen LogP contribution in [0.2, 0.25) is 0 Å². The number of nitriles is 1. The predicted molar refractivity (Wildman–Crippen MR) is 68.3 cm³/mol. The zero-order valence-electron chi connectivity index (χ0n) is 9.26. The maximum Gasteiger partial charge on any atom is 0.161 e. The SMILES string of the molecule is N#Cc1ccc(NC2CCCNC2)c(F)c1Br. The number of nitrogens with one attached hydrogen (secondary N) is 2. The molecule has 3 nitrogen and oxygen atoms in total. The molecule has 1 heterocycles. The highest BCUT2D eigenvalue weighted by Gasteiger charge is 2.16. The van der Waals surface area contributed by atoms with Gasteiger partial charge in [-0.15, -0.1) is 0 Å². The lowest BCUT2D eigenvalue weighted by atomic mass is 10.1. The summed E-state index contributed by atoms with van der Waals surface area (Å²) in [6, 6.07) is 5.42. The van der Waals surface area contributed by atoms with Gasteiger partial charge in [-0.05, 0) is 47.4 Å². The standard InChI is InChI=1S/C12H13BrFN3/c13-11-8(6-15)3-4-10(12(11)14)17-9-2-1-5-16-7-9/h3-4,9,16-17H,1-2,5,7H2. The lowest BCUT2D eigenvalue weighted by Gasteiger charge is -2.25. The molecular formula is C12H13BrFN3. The van der Waals surface area contributed by atoms with E-state index in [4.69, 9.17) is 5.26 Å². The fraction of sp³-hybridized carbons (Fsp3) is 0.417. The second kappa shape index (κ2) is 5.48. The summed E-state index contributed by atoms with van der Waals surface area (Å²) < 4.78 is 14.2. The quantitative estimate of drug-likeness (QED) is 0.882. The Balaban J connectivity index is 2.16. The molecule has 0 aromatic heterocycles. The Morgan fingerprint density at radius 3 is 3.00 bits per heavy atom. The number of piperidine rings is 1. The Hall–Kier alpha value is -1.12. The third-order valence-corrected chi connectivity index (χ3v) is 3.63.